The minimum atomic E-state index is -1.44. The Labute approximate surface area is 118 Å². The molecule has 0 heterocycles. The molecular weight excluding hydrogens is 292 g/mol. The number of benzene rings is 1. The van der Waals surface area contributed by atoms with Crippen molar-refractivity contribution < 1.29 is 23.8 Å². The van der Waals surface area contributed by atoms with Crippen LogP contribution in [0.3, 0.4) is 0 Å². The molecular formula is C13H10ClF2NO3. The molecule has 1 aliphatic carbocycles. The molecule has 1 saturated carbocycles. The fourth-order valence-electron chi connectivity index (χ4n) is 1.47. The summed E-state index contributed by atoms with van der Waals surface area (Å²) in [7, 11) is 0. The molecule has 2 N–H and O–H groups in total. The van der Waals surface area contributed by atoms with Gasteiger partial charge in [0, 0.05) is 11.8 Å². The summed E-state index contributed by atoms with van der Waals surface area (Å²) in [5, 5.41) is 18.7. The molecule has 0 bridgehead atoms. The molecule has 0 aliphatic heterocycles. The van der Waals surface area contributed by atoms with Crippen LogP contribution in [0.25, 0.3) is 5.76 Å². The lowest BCUT2D eigenvalue weighted by Crippen LogP contribution is -2.07. The zero-order valence-electron chi connectivity index (χ0n) is 10.1. The van der Waals surface area contributed by atoms with Crippen LogP contribution in [0.1, 0.15) is 18.4 Å². The van der Waals surface area contributed by atoms with Gasteiger partial charge in [0.2, 0.25) is 0 Å². The summed E-state index contributed by atoms with van der Waals surface area (Å²) >= 11 is 5.68. The minimum absolute atomic E-state index is 0.0533. The van der Waals surface area contributed by atoms with Gasteiger partial charge in [-0.25, -0.2) is 13.6 Å². The lowest BCUT2D eigenvalue weighted by Gasteiger charge is -2.06. The van der Waals surface area contributed by atoms with Crippen molar-refractivity contribution >= 4 is 29.5 Å². The van der Waals surface area contributed by atoms with E-state index in [2.05, 4.69) is 4.99 Å². The van der Waals surface area contributed by atoms with Crippen molar-refractivity contribution in [2.75, 3.05) is 0 Å². The number of carboxylic acids is 1. The number of hydrogen-bond acceptors (Lipinski definition) is 3. The normalized spacial score (nSPS) is 16.4. The van der Waals surface area contributed by atoms with E-state index in [4.69, 9.17) is 16.7 Å². The molecule has 0 amide bonds. The highest BCUT2D eigenvalue weighted by atomic mass is 35.5. The number of carbonyl (C=O) groups is 1. The number of halogens is 3. The molecule has 0 unspecified atom stereocenters. The Balaban J connectivity index is 2.48. The van der Waals surface area contributed by atoms with Gasteiger partial charge in [0.25, 0.3) is 0 Å². The maximum absolute atomic E-state index is 13.2. The molecule has 0 radical (unpaired) electrons. The van der Waals surface area contributed by atoms with Crippen LogP contribution < -0.4 is 0 Å². The van der Waals surface area contributed by atoms with E-state index in [1.165, 1.54) is 0 Å². The monoisotopic (exact) mass is 301 g/mol. The van der Waals surface area contributed by atoms with Gasteiger partial charge in [-0.1, -0.05) is 11.6 Å². The Hall–Kier alpha value is -1.95. The van der Waals surface area contributed by atoms with E-state index >= 15 is 0 Å². The Bertz CT molecular complexity index is 624. The van der Waals surface area contributed by atoms with Gasteiger partial charge < -0.3 is 10.2 Å². The molecule has 2 rings (SSSR count). The largest absolute Gasteiger partial charge is 0.506 e. The summed E-state index contributed by atoms with van der Waals surface area (Å²) < 4.78 is 26.1. The summed E-state index contributed by atoms with van der Waals surface area (Å²) in [6.07, 6.45) is 2.72. The predicted octanol–water partition coefficient (Wildman–Crippen LogP) is 3.21. The molecule has 0 spiro atoms. The molecule has 1 aromatic rings. The Morgan fingerprint density at radius 3 is 2.45 bits per heavy atom. The minimum Gasteiger partial charge on any atom is -0.506 e. The zero-order chi connectivity index (χ0) is 14.9. The second-order valence-corrected chi connectivity index (χ2v) is 4.73. The predicted molar refractivity (Wildman–Crippen MR) is 70.1 cm³/mol. The molecule has 1 fully saturated rings. The Morgan fingerprint density at radius 1 is 1.30 bits per heavy atom. The molecule has 0 aromatic heterocycles. The van der Waals surface area contributed by atoms with Crippen molar-refractivity contribution in [3.05, 3.63) is 39.9 Å². The van der Waals surface area contributed by atoms with Gasteiger partial charge >= 0.3 is 5.97 Å². The third-order valence-corrected chi connectivity index (χ3v) is 3.02. The molecule has 20 heavy (non-hydrogen) atoms. The summed E-state index contributed by atoms with van der Waals surface area (Å²) in [6, 6.07) is 1.36. The van der Waals surface area contributed by atoms with Gasteiger partial charge in [-0.15, -0.1) is 0 Å². The van der Waals surface area contributed by atoms with E-state index in [1.807, 2.05) is 0 Å². The van der Waals surface area contributed by atoms with Gasteiger partial charge in [-0.3, -0.25) is 4.99 Å². The van der Waals surface area contributed by atoms with E-state index in [1.54, 1.807) is 0 Å². The number of aliphatic hydroxyl groups is 1. The van der Waals surface area contributed by atoms with Crippen molar-refractivity contribution in [2.24, 2.45) is 4.99 Å². The SMILES string of the molecule is O=C(O)/C(C=NC1CC1)=C(/O)c1cc(F)c(F)cc1Cl. The maximum atomic E-state index is 13.2. The molecule has 1 aromatic carbocycles. The van der Waals surface area contributed by atoms with E-state index in [0.29, 0.717) is 12.1 Å². The van der Waals surface area contributed by atoms with Crippen molar-refractivity contribution in [3.63, 3.8) is 0 Å². The second-order valence-electron chi connectivity index (χ2n) is 4.32. The maximum Gasteiger partial charge on any atom is 0.341 e. The van der Waals surface area contributed by atoms with Crippen LogP contribution in [-0.2, 0) is 4.79 Å². The van der Waals surface area contributed by atoms with Gasteiger partial charge in [0.05, 0.1) is 11.1 Å². The van der Waals surface area contributed by atoms with Gasteiger partial charge in [0.1, 0.15) is 11.3 Å². The highest BCUT2D eigenvalue weighted by molar-refractivity contribution is 6.32. The fourth-order valence-corrected chi connectivity index (χ4v) is 1.71. The number of nitrogens with zero attached hydrogens (tertiary/aromatic N) is 1. The molecule has 4 nitrogen and oxygen atoms in total. The smallest absolute Gasteiger partial charge is 0.341 e. The Kier molecular flexibility index (Phi) is 4.04. The summed E-state index contributed by atoms with van der Waals surface area (Å²) in [6.45, 7) is 0. The van der Waals surface area contributed by atoms with Crippen LogP contribution in [0.5, 0.6) is 0 Å². The second kappa shape index (κ2) is 5.58. The van der Waals surface area contributed by atoms with E-state index in [9.17, 15) is 18.7 Å². The van der Waals surface area contributed by atoms with Crippen molar-refractivity contribution in [1.29, 1.82) is 0 Å². The molecule has 106 valence electrons. The number of hydrogen-bond donors (Lipinski definition) is 2. The molecule has 0 saturated heterocycles. The third-order valence-electron chi connectivity index (χ3n) is 2.71. The van der Waals surface area contributed by atoms with Crippen LogP contribution in [-0.4, -0.2) is 28.4 Å². The number of aliphatic hydroxyl groups excluding tert-OH is 1. The van der Waals surface area contributed by atoms with Crippen LogP contribution >= 0.6 is 11.6 Å². The highest BCUT2D eigenvalue weighted by Gasteiger charge is 2.22. The van der Waals surface area contributed by atoms with Gasteiger partial charge in [-0.05, 0) is 25.0 Å². The lowest BCUT2D eigenvalue weighted by atomic mass is 10.1. The molecule has 1 aliphatic rings. The van der Waals surface area contributed by atoms with E-state index in [0.717, 1.165) is 19.1 Å². The van der Waals surface area contributed by atoms with Gasteiger partial charge in [0.15, 0.2) is 11.6 Å². The summed E-state index contributed by atoms with van der Waals surface area (Å²) in [4.78, 5) is 15.0. The zero-order valence-corrected chi connectivity index (χ0v) is 10.9. The van der Waals surface area contributed by atoms with Crippen LogP contribution in [0, 0.1) is 11.6 Å². The van der Waals surface area contributed by atoms with Crippen molar-refractivity contribution in [2.45, 2.75) is 18.9 Å². The van der Waals surface area contributed by atoms with Crippen molar-refractivity contribution in [1.82, 2.24) is 0 Å². The van der Waals surface area contributed by atoms with Crippen LogP contribution in [0.4, 0.5) is 8.78 Å². The average Bonchev–Trinajstić information content (AvgIpc) is 3.17. The average molecular weight is 302 g/mol. The first kappa shape index (κ1) is 14.5. The summed E-state index contributed by atoms with van der Waals surface area (Å²) in [5.74, 6) is -4.62. The molecule has 7 heteroatoms. The third kappa shape index (κ3) is 3.14. The first-order chi connectivity index (χ1) is 9.40. The van der Waals surface area contributed by atoms with Crippen molar-refractivity contribution in [3.8, 4) is 0 Å². The quantitative estimate of drug-likeness (QED) is 0.388. The number of carboxylic acid groups (broad SMARTS) is 1. The number of rotatable bonds is 4. The number of aliphatic carboxylic acids is 1. The molecule has 0 atom stereocenters. The van der Waals surface area contributed by atoms with E-state index in [-0.39, 0.29) is 16.6 Å². The van der Waals surface area contributed by atoms with E-state index < -0.39 is 28.9 Å². The first-order valence-corrected chi connectivity index (χ1v) is 6.12. The standard InChI is InChI=1S/C13H10ClF2NO3/c14-9-4-11(16)10(15)3-7(9)12(18)8(13(19)20)5-17-6-1-2-6/h3-6,18H,1-2H2,(H,19,20)/b12-8+,17-5?. The van der Waals surface area contributed by atoms with Crippen LogP contribution in [0.2, 0.25) is 5.02 Å². The highest BCUT2D eigenvalue weighted by Crippen LogP contribution is 2.28. The first-order valence-electron chi connectivity index (χ1n) is 5.74. The summed E-state index contributed by atoms with van der Waals surface area (Å²) in [5.41, 5.74) is -0.824. The number of aliphatic imine (C=N–C) groups is 1. The lowest BCUT2D eigenvalue weighted by molar-refractivity contribution is -0.132. The fraction of sp³-hybridized carbons (Fsp3) is 0.231. The van der Waals surface area contributed by atoms with Gasteiger partial charge in [-0.2, -0.15) is 0 Å². The Morgan fingerprint density at radius 2 is 1.90 bits per heavy atom. The van der Waals surface area contributed by atoms with Crippen LogP contribution in [0.15, 0.2) is 22.7 Å². The topological polar surface area (TPSA) is 69.9 Å².